The van der Waals surface area contributed by atoms with Crippen LogP contribution in [0.2, 0.25) is 0 Å². The number of rotatable bonds is 4. The summed E-state index contributed by atoms with van der Waals surface area (Å²) in [7, 11) is 1.28. The topological polar surface area (TPSA) is 134 Å². The Morgan fingerprint density at radius 1 is 1.10 bits per heavy atom. The summed E-state index contributed by atoms with van der Waals surface area (Å²) in [4.78, 5) is 52.8. The van der Waals surface area contributed by atoms with Gasteiger partial charge in [-0.15, -0.1) is 0 Å². The Hall–Kier alpha value is -2.98. The summed E-state index contributed by atoms with van der Waals surface area (Å²) in [5.74, 6) is -2.54. The molecule has 39 heavy (non-hydrogen) atoms. The molecule has 2 spiro atoms. The first-order valence-electron chi connectivity index (χ1n) is 13.3. The molecule has 0 amide bonds. The van der Waals surface area contributed by atoms with E-state index in [9.17, 15) is 19.2 Å². The molecule has 6 rings (SSSR count). The zero-order valence-electron chi connectivity index (χ0n) is 23.2. The van der Waals surface area contributed by atoms with Crippen molar-refractivity contribution < 1.29 is 47.3 Å². The van der Waals surface area contributed by atoms with Crippen LogP contribution in [0.25, 0.3) is 0 Å². The van der Waals surface area contributed by atoms with Crippen LogP contribution in [-0.2, 0) is 42.9 Å². The van der Waals surface area contributed by atoms with Crippen molar-refractivity contribution in [3.05, 3.63) is 36.3 Å². The van der Waals surface area contributed by atoms with E-state index < -0.39 is 81.0 Å². The van der Waals surface area contributed by atoms with Crippen molar-refractivity contribution in [2.45, 2.75) is 89.5 Å². The number of ether oxygens (including phenoxy) is 5. The van der Waals surface area contributed by atoms with Gasteiger partial charge in [0.25, 0.3) is 0 Å². The van der Waals surface area contributed by atoms with Crippen molar-refractivity contribution in [1.29, 1.82) is 0 Å². The molecule has 4 heterocycles. The molecule has 10 nitrogen and oxygen atoms in total. The lowest BCUT2D eigenvalue weighted by molar-refractivity contribution is -0.238. The van der Waals surface area contributed by atoms with Gasteiger partial charge in [-0.25, -0.2) is 9.59 Å². The van der Waals surface area contributed by atoms with E-state index in [1.54, 1.807) is 18.4 Å². The Kier molecular flexibility index (Phi) is 5.12. The first kappa shape index (κ1) is 26.3. The molecule has 5 fully saturated rings. The molecule has 1 aromatic rings. The first-order chi connectivity index (χ1) is 18.2. The quantitative estimate of drug-likeness (QED) is 0.242. The molecule has 2 aliphatic carbocycles. The van der Waals surface area contributed by atoms with Crippen molar-refractivity contribution >= 4 is 23.7 Å². The summed E-state index contributed by atoms with van der Waals surface area (Å²) in [6.07, 6.45) is 4.28. The number of ketones is 1. The highest BCUT2D eigenvalue weighted by Gasteiger charge is 2.93. The van der Waals surface area contributed by atoms with Gasteiger partial charge in [-0.05, 0) is 38.7 Å². The molecule has 9 atom stereocenters. The molecule has 1 aromatic heterocycles. The maximum Gasteiger partial charge on any atom is 0.339 e. The third-order valence-electron chi connectivity index (χ3n) is 10.7. The molecule has 0 N–H and O–H groups in total. The second-order valence-corrected chi connectivity index (χ2v) is 12.7. The average Bonchev–Trinajstić information content (AvgIpc) is 3.68. The van der Waals surface area contributed by atoms with Crippen LogP contribution in [0, 0.1) is 22.2 Å². The van der Waals surface area contributed by atoms with E-state index in [-0.39, 0.29) is 0 Å². The van der Waals surface area contributed by atoms with Crippen LogP contribution in [0.1, 0.15) is 66.1 Å². The van der Waals surface area contributed by atoms with E-state index in [1.807, 2.05) is 34.6 Å². The standard InChI is InChI=1S/C29H34O10/c1-15(30)36-21-19(32)28(24(2,3)39-28)25(4,12-9-18(31)34-7)17-8-11-26(5)20(16-10-13-35-14-16)37-23(33)22-29(26,38-22)27(17,21)6/h9-10,12-14,17,20-22H,8,11H2,1-7H3/t17-,20+,21?,22-,25-,26+,27+,28-,29-/m1/s1. The number of carbonyl (C=O) groups excluding carboxylic acids is 4. The maximum absolute atomic E-state index is 14.6. The Morgan fingerprint density at radius 3 is 2.36 bits per heavy atom. The Morgan fingerprint density at radius 2 is 1.79 bits per heavy atom. The van der Waals surface area contributed by atoms with E-state index in [0.717, 1.165) is 0 Å². The molecule has 10 heteroatoms. The van der Waals surface area contributed by atoms with Gasteiger partial charge in [-0.2, -0.15) is 0 Å². The van der Waals surface area contributed by atoms with Crippen LogP contribution >= 0.6 is 0 Å². The summed E-state index contributed by atoms with van der Waals surface area (Å²) >= 11 is 0. The lowest BCUT2D eigenvalue weighted by Gasteiger charge is -2.65. The number of hydrogen-bond acceptors (Lipinski definition) is 10. The normalized spacial score (nSPS) is 47.1. The van der Waals surface area contributed by atoms with Gasteiger partial charge in [0.05, 0.1) is 19.6 Å². The molecule has 3 aliphatic heterocycles. The van der Waals surface area contributed by atoms with Crippen LogP contribution in [0.5, 0.6) is 0 Å². The van der Waals surface area contributed by atoms with Gasteiger partial charge in [0, 0.05) is 34.8 Å². The Balaban J connectivity index is 1.59. The highest BCUT2D eigenvalue weighted by molar-refractivity contribution is 6.00. The largest absolute Gasteiger partial charge is 0.472 e. The van der Waals surface area contributed by atoms with E-state index in [1.165, 1.54) is 26.4 Å². The van der Waals surface area contributed by atoms with E-state index >= 15 is 0 Å². The van der Waals surface area contributed by atoms with Crippen molar-refractivity contribution in [2.24, 2.45) is 22.2 Å². The van der Waals surface area contributed by atoms with Gasteiger partial charge in [0.15, 0.2) is 17.8 Å². The smallest absolute Gasteiger partial charge is 0.339 e. The lowest BCUT2D eigenvalue weighted by Crippen LogP contribution is -2.76. The molecule has 0 radical (unpaired) electrons. The Labute approximate surface area is 226 Å². The van der Waals surface area contributed by atoms with Crippen molar-refractivity contribution in [2.75, 3.05) is 7.11 Å². The number of epoxide rings is 2. The van der Waals surface area contributed by atoms with Gasteiger partial charge in [0.2, 0.25) is 5.78 Å². The minimum atomic E-state index is -1.37. The summed E-state index contributed by atoms with van der Waals surface area (Å²) < 4.78 is 34.7. The fourth-order valence-electron chi connectivity index (χ4n) is 9.12. The summed E-state index contributed by atoms with van der Waals surface area (Å²) in [5, 5.41) is 0. The first-order valence-corrected chi connectivity index (χ1v) is 13.3. The zero-order valence-corrected chi connectivity index (χ0v) is 23.2. The Bertz CT molecular complexity index is 1310. The van der Waals surface area contributed by atoms with E-state index in [2.05, 4.69) is 0 Å². The van der Waals surface area contributed by atoms with Gasteiger partial charge in [-0.1, -0.05) is 26.8 Å². The minimum absolute atomic E-state index is 0.399. The van der Waals surface area contributed by atoms with Crippen molar-refractivity contribution in [1.82, 2.24) is 0 Å². The van der Waals surface area contributed by atoms with Gasteiger partial charge >= 0.3 is 17.9 Å². The van der Waals surface area contributed by atoms with E-state index in [4.69, 9.17) is 28.1 Å². The zero-order chi connectivity index (χ0) is 28.4. The predicted molar refractivity (Wildman–Crippen MR) is 132 cm³/mol. The molecular formula is C29H34O10. The maximum atomic E-state index is 14.6. The van der Waals surface area contributed by atoms with Crippen molar-refractivity contribution in [3.8, 4) is 0 Å². The second-order valence-electron chi connectivity index (χ2n) is 12.7. The van der Waals surface area contributed by atoms with Crippen LogP contribution in [0.4, 0.5) is 0 Å². The number of cyclic esters (lactones) is 1. The molecule has 5 aliphatic rings. The molecule has 3 saturated heterocycles. The summed E-state index contributed by atoms with van der Waals surface area (Å²) in [5.41, 5.74) is -5.78. The number of hydrogen-bond donors (Lipinski definition) is 0. The van der Waals surface area contributed by atoms with Crippen LogP contribution in [0.15, 0.2) is 35.2 Å². The molecule has 0 bridgehead atoms. The second kappa shape index (κ2) is 7.60. The highest BCUT2D eigenvalue weighted by atomic mass is 16.7. The third kappa shape index (κ3) is 2.79. The molecule has 1 unspecified atom stereocenters. The van der Waals surface area contributed by atoms with Crippen LogP contribution < -0.4 is 0 Å². The van der Waals surface area contributed by atoms with Gasteiger partial charge in [0.1, 0.15) is 17.3 Å². The average molecular weight is 543 g/mol. The number of esters is 3. The van der Waals surface area contributed by atoms with Crippen molar-refractivity contribution in [3.63, 3.8) is 0 Å². The highest BCUT2D eigenvalue weighted by Crippen LogP contribution is 2.81. The van der Waals surface area contributed by atoms with Crippen LogP contribution in [-0.4, -0.2) is 59.8 Å². The number of carbonyl (C=O) groups is 4. The number of fused-ring (bicyclic) bond motifs is 1. The fourth-order valence-corrected chi connectivity index (χ4v) is 9.12. The summed E-state index contributed by atoms with van der Waals surface area (Å²) in [6.45, 7) is 10.7. The predicted octanol–water partition coefficient (Wildman–Crippen LogP) is 3.24. The summed E-state index contributed by atoms with van der Waals surface area (Å²) in [6, 6.07) is 1.75. The van der Waals surface area contributed by atoms with E-state index in [0.29, 0.717) is 18.4 Å². The number of methoxy groups -OCH3 is 1. The monoisotopic (exact) mass is 542 g/mol. The van der Waals surface area contributed by atoms with Gasteiger partial charge < -0.3 is 28.1 Å². The lowest BCUT2D eigenvalue weighted by atomic mass is 9.37. The molecule has 2 saturated carbocycles. The van der Waals surface area contributed by atoms with Gasteiger partial charge in [-0.3, -0.25) is 9.59 Å². The minimum Gasteiger partial charge on any atom is -0.472 e. The molecule has 0 aromatic carbocycles. The SMILES string of the molecule is COC(=O)C=C[C@]1(C)[C@H]2CC[C@@]3(C)[C@H](c4ccoc4)OC(=O)[C@H]4O[C@]43[C@]2(C)C(OC(C)=O)C(=O)[C@]12OC2(C)C. The molecule has 210 valence electrons. The number of furan rings is 1. The third-order valence-corrected chi connectivity index (χ3v) is 10.7. The van der Waals surface area contributed by atoms with Crippen LogP contribution in [0.3, 0.4) is 0 Å². The fraction of sp³-hybridized carbons (Fsp3) is 0.655. The number of Topliss-reactive ketones (excluding diaryl/α,β-unsaturated/α-hetero) is 1. The molecular weight excluding hydrogens is 508 g/mol.